The summed E-state index contributed by atoms with van der Waals surface area (Å²) in [5.74, 6) is 0.453. The predicted octanol–water partition coefficient (Wildman–Crippen LogP) is 4.28. The van der Waals surface area contributed by atoms with Gasteiger partial charge in [0.2, 0.25) is 5.95 Å². The zero-order valence-corrected chi connectivity index (χ0v) is 14.9. The lowest BCUT2D eigenvalue weighted by Gasteiger charge is -2.31. The molecule has 1 aromatic heterocycles. The lowest BCUT2D eigenvalue weighted by Crippen LogP contribution is -2.29. The first-order valence-electron chi connectivity index (χ1n) is 8.85. The molecule has 0 saturated carbocycles. The van der Waals surface area contributed by atoms with Gasteiger partial charge in [0.1, 0.15) is 0 Å². The summed E-state index contributed by atoms with van der Waals surface area (Å²) in [6.45, 7) is 2.10. The minimum atomic E-state index is -0.307. The normalized spacial score (nSPS) is 16.3. The molecule has 4 rings (SSSR count). The van der Waals surface area contributed by atoms with E-state index in [2.05, 4.69) is 16.8 Å². The molecular weight excluding hydrogens is 326 g/mol. The number of hydrogen-bond acceptors (Lipinski definition) is 4. The van der Waals surface area contributed by atoms with Crippen LogP contribution in [-0.4, -0.2) is 22.6 Å². The van der Waals surface area contributed by atoms with E-state index in [0.717, 1.165) is 41.1 Å². The number of anilines is 1. The fourth-order valence-corrected chi connectivity index (χ4v) is 3.63. The molecule has 1 aliphatic rings. The number of ether oxygens (including phenoxy) is 1. The third-order valence-corrected chi connectivity index (χ3v) is 4.74. The molecule has 2 aromatic carbocycles. The van der Waals surface area contributed by atoms with Crippen LogP contribution in [0.3, 0.4) is 0 Å². The van der Waals surface area contributed by atoms with Gasteiger partial charge in [0, 0.05) is 5.70 Å². The Morgan fingerprint density at radius 1 is 1.15 bits per heavy atom. The topological polar surface area (TPSA) is 56.2 Å². The molecule has 3 aromatic rings. The molecule has 2 heterocycles. The zero-order chi connectivity index (χ0) is 18.1. The second kappa shape index (κ2) is 6.67. The zero-order valence-electron chi connectivity index (χ0n) is 14.9. The summed E-state index contributed by atoms with van der Waals surface area (Å²) in [4.78, 5) is 17.5. The number of methoxy groups -OCH3 is 1. The van der Waals surface area contributed by atoms with Crippen molar-refractivity contribution in [2.45, 2.75) is 25.8 Å². The molecule has 0 aliphatic carbocycles. The molecule has 1 atom stereocenters. The van der Waals surface area contributed by atoms with E-state index in [1.54, 1.807) is 0 Å². The van der Waals surface area contributed by atoms with E-state index in [0.29, 0.717) is 5.57 Å². The molecule has 0 bridgehead atoms. The van der Waals surface area contributed by atoms with Gasteiger partial charge in [-0.15, -0.1) is 0 Å². The SMILES string of the molecule is CCCC1=C(C(=O)OC)C(c2ccccc2)n2c(nc3ccccc32)N1. The number of nitrogens with one attached hydrogen (secondary N) is 1. The van der Waals surface area contributed by atoms with E-state index in [1.807, 2.05) is 54.6 Å². The Kier molecular flexibility index (Phi) is 4.21. The second-order valence-corrected chi connectivity index (χ2v) is 6.37. The number of benzene rings is 2. The van der Waals surface area contributed by atoms with Crippen molar-refractivity contribution in [1.29, 1.82) is 0 Å². The summed E-state index contributed by atoms with van der Waals surface area (Å²) >= 11 is 0. The average Bonchev–Trinajstić information content (AvgIpc) is 3.05. The number of aromatic nitrogens is 2. The van der Waals surface area contributed by atoms with Crippen molar-refractivity contribution in [2.75, 3.05) is 12.4 Å². The van der Waals surface area contributed by atoms with Crippen molar-refractivity contribution in [3.63, 3.8) is 0 Å². The fraction of sp³-hybridized carbons (Fsp3) is 0.238. The quantitative estimate of drug-likeness (QED) is 0.716. The highest BCUT2D eigenvalue weighted by Gasteiger charge is 2.35. The van der Waals surface area contributed by atoms with Crippen molar-refractivity contribution in [3.05, 3.63) is 71.4 Å². The van der Waals surface area contributed by atoms with Crippen LogP contribution in [0, 0.1) is 0 Å². The van der Waals surface area contributed by atoms with Crippen LogP contribution in [0.5, 0.6) is 0 Å². The van der Waals surface area contributed by atoms with Gasteiger partial charge in [-0.3, -0.25) is 4.57 Å². The summed E-state index contributed by atoms with van der Waals surface area (Å²) in [5, 5.41) is 3.38. The number of nitrogens with zero attached hydrogens (tertiary/aromatic N) is 2. The molecule has 1 aliphatic heterocycles. The Hall–Kier alpha value is -3.08. The molecule has 132 valence electrons. The molecule has 0 fully saturated rings. The maximum Gasteiger partial charge on any atom is 0.338 e. The van der Waals surface area contributed by atoms with Gasteiger partial charge in [-0.2, -0.15) is 0 Å². The number of carbonyl (C=O) groups excluding carboxylic acids is 1. The van der Waals surface area contributed by atoms with Crippen LogP contribution in [0.2, 0.25) is 0 Å². The molecule has 0 spiro atoms. The Morgan fingerprint density at radius 2 is 1.88 bits per heavy atom. The van der Waals surface area contributed by atoms with E-state index in [1.165, 1.54) is 7.11 Å². The van der Waals surface area contributed by atoms with E-state index < -0.39 is 0 Å². The van der Waals surface area contributed by atoms with Crippen LogP contribution in [0.15, 0.2) is 65.9 Å². The van der Waals surface area contributed by atoms with Crippen molar-refractivity contribution >= 4 is 23.0 Å². The van der Waals surface area contributed by atoms with Gasteiger partial charge in [-0.1, -0.05) is 55.8 Å². The summed E-state index contributed by atoms with van der Waals surface area (Å²) in [7, 11) is 1.43. The molecule has 1 N–H and O–H groups in total. The summed E-state index contributed by atoms with van der Waals surface area (Å²) in [5.41, 5.74) is 4.46. The average molecular weight is 347 g/mol. The highest BCUT2D eigenvalue weighted by Crippen LogP contribution is 2.40. The summed E-state index contributed by atoms with van der Waals surface area (Å²) in [6, 6.07) is 17.8. The highest BCUT2D eigenvalue weighted by molar-refractivity contribution is 5.94. The molecule has 0 saturated heterocycles. The van der Waals surface area contributed by atoms with Gasteiger partial charge < -0.3 is 10.1 Å². The Labute approximate surface area is 152 Å². The van der Waals surface area contributed by atoms with Gasteiger partial charge in [0.15, 0.2) is 0 Å². The molecule has 1 unspecified atom stereocenters. The molecule has 5 heteroatoms. The van der Waals surface area contributed by atoms with Gasteiger partial charge in [0.25, 0.3) is 0 Å². The van der Waals surface area contributed by atoms with Crippen molar-refractivity contribution < 1.29 is 9.53 Å². The number of rotatable bonds is 4. The largest absolute Gasteiger partial charge is 0.466 e. The van der Waals surface area contributed by atoms with Crippen LogP contribution in [0.1, 0.15) is 31.4 Å². The number of fused-ring (bicyclic) bond motifs is 3. The number of para-hydroxylation sites is 2. The number of imidazole rings is 1. The first-order valence-corrected chi connectivity index (χ1v) is 8.85. The van der Waals surface area contributed by atoms with Gasteiger partial charge >= 0.3 is 5.97 Å². The standard InChI is InChI=1S/C21H21N3O2/c1-3-9-16-18(20(25)26-2)19(14-10-5-4-6-11-14)24-17-13-8-7-12-15(17)22-21(24)23-16/h4-8,10-13,19H,3,9H2,1-2H3,(H,22,23). The highest BCUT2D eigenvalue weighted by atomic mass is 16.5. The number of allylic oxidation sites excluding steroid dienone is 1. The number of esters is 1. The van der Waals surface area contributed by atoms with Crippen LogP contribution < -0.4 is 5.32 Å². The van der Waals surface area contributed by atoms with Gasteiger partial charge in [-0.25, -0.2) is 9.78 Å². The Bertz CT molecular complexity index is 989. The summed E-state index contributed by atoms with van der Waals surface area (Å²) in [6.07, 6.45) is 1.68. The molecule has 0 radical (unpaired) electrons. The lowest BCUT2D eigenvalue weighted by atomic mass is 9.93. The minimum Gasteiger partial charge on any atom is -0.466 e. The molecule has 5 nitrogen and oxygen atoms in total. The van der Waals surface area contributed by atoms with Crippen LogP contribution in [0.25, 0.3) is 11.0 Å². The fourth-order valence-electron chi connectivity index (χ4n) is 3.63. The van der Waals surface area contributed by atoms with E-state index >= 15 is 0 Å². The number of hydrogen-bond donors (Lipinski definition) is 1. The van der Waals surface area contributed by atoms with Crippen LogP contribution >= 0.6 is 0 Å². The lowest BCUT2D eigenvalue weighted by molar-refractivity contribution is -0.136. The van der Waals surface area contributed by atoms with E-state index in [-0.39, 0.29) is 12.0 Å². The van der Waals surface area contributed by atoms with Crippen molar-refractivity contribution in [3.8, 4) is 0 Å². The van der Waals surface area contributed by atoms with E-state index in [9.17, 15) is 4.79 Å². The summed E-state index contributed by atoms with van der Waals surface area (Å²) < 4.78 is 7.24. The third kappa shape index (κ3) is 2.56. The van der Waals surface area contributed by atoms with Crippen LogP contribution in [-0.2, 0) is 9.53 Å². The van der Waals surface area contributed by atoms with Crippen molar-refractivity contribution in [2.24, 2.45) is 0 Å². The van der Waals surface area contributed by atoms with Gasteiger partial charge in [0.05, 0.1) is 29.8 Å². The molecule has 26 heavy (non-hydrogen) atoms. The van der Waals surface area contributed by atoms with E-state index in [4.69, 9.17) is 9.72 Å². The smallest absolute Gasteiger partial charge is 0.338 e. The third-order valence-electron chi connectivity index (χ3n) is 4.74. The maximum atomic E-state index is 12.7. The first kappa shape index (κ1) is 16.4. The van der Waals surface area contributed by atoms with Crippen LogP contribution in [0.4, 0.5) is 5.95 Å². The number of carbonyl (C=O) groups is 1. The molecular formula is C21H21N3O2. The van der Waals surface area contributed by atoms with Crippen molar-refractivity contribution in [1.82, 2.24) is 9.55 Å². The maximum absolute atomic E-state index is 12.7. The first-order chi connectivity index (χ1) is 12.7. The second-order valence-electron chi connectivity index (χ2n) is 6.37. The molecule has 0 amide bonds. The monoisotopic (exact) mass is 347 g/mol. The minimum absolute atomic E-state index is 0.270. The van der Waals surface area contributed by atoms with Gasteiger partial charge in [-0.05, 0) is 24.1 Å². The Balaban J connectivity index is 2.02. The predicted molar refractivity (Wildman–Crippen MR) is 102 cm³/mol. The Morgan fingerprint density at radius 3 is 2.62 bits per heavy atom.